The molecule has 0 atom stereocenters. The predicted molar refractivity (Wildman–Crippen MR) is 75.4 cm³/mol. The maximum atomic E-state index is 11.3. The maximum absolute atomic E-state index is 11.3. The van der Waals surface area contributed by atoms with Crippen molar-refractivity contribution in [3.63, 3.8) is 0 Å². The SMILES string of the molecule is CC(C)c1cccc(C(C)C)c1-[n+]1ccoc1C(=O)O. The Morgan fingerprint density at radius 1 is 1.15 bits per heavy atom. The molecule has 0 radical (unpaired) electrons. The lowest BCUT2D eigenvalue weighted by molar-refractivity contribution is -0.603. The summed E-state index contributed by atoms with van der Waals surface area (Å²) in [6, 6.07) is 6.10. The molecule has 0 saturated heterocycles. The summed E-state index contributed by atoms with van der Waals surface area (Å²) in [5.41, 5.74) is 3.15. The average Bonchev–Trinajstić information content (AvgIpc) is 2.86. The largest absolute Gasteiger partial charge is 0.471 e. The fourth-order valence-electron chi connectivity index (χ4n) is 2.40. The number of carbonyl (C=O) groups is 1. The van der Waals surface area contributed by atoms with Gasteiger partial charge in [-0.15, -0.1) is 4.57 Å². The van der Waals surface area contributed by atoms with Crippen LogP contribution < -0.4 is 4.57 Å². The Bertz CT molecular complexity index is 600. The second-order valence-electron chi connectivity index (χ2n) is 5.48. The molecule has 0 saturated carbocycles. The van der Waals surface area contributed by atoms with Gasteiger partial charge in [-0.25, -0.2) is 4.79 Å². The van der Waals surface area contributed by atoms with Crippen LogP contribution >= 0.6 is 0 Å². The number of rotatable bonds is 4. The Balaban J connectivity index is 2.76. The fraction of sp³-hybridized carbons (Fsp3) is 0.375. The minimum atomic E-state index is -1.07. The Morgan fingerprint density at radius 3 is 2.15 bits per heavy atom. The van der Waals surface area contributed by atoms with Gasteiger partial charge >= 0.3 is 11.9 Å². The zero-order valence-corrected chi connectivity index (χ0v) is 12.3. The molecule has 2 rings (SSSR count). The normalized spacial score (nSPS) is 11.3. The zero-order valence-electron chi connectivity index (χ0n) is 12.3. The van der Waals surface area contributed by atoms with Crippen molar-refractivity contribution >= 4 is 5.97 Å². The van der Waals surface area contributed by atoms with Crippen LogP contribution in [0.3, 0.4) is 0 Å². The van der Waals surface area contributed by atoms with Crippen molar-refractivity contribution in [2.75, 3.05) is 0 Å². The van der Waals surface area contributed by atoms with Crippen molar-refractivity contribution in [3.8, 4) is 5.69 Å². The van der Waals surface area contributed by atoms with Gasteiger partial charge in [-0.1, -0.05) is 45.9 Å². The molecule has 20 heavy (non-hydrogen) atoms. The molecule has 0 aliphatic carbocycles. The molecule has 0 unspecified atom stereocenters. The van der Waals surface area contributed by atoms with Gasteiger partial charge in [0.05, 0.1) is 0 Å². The predicted octanol–water partition coefficient (Wildman–Crippen LogP) is 3.50. The number of para-hydroxylation sites is 1. The number of aromatic carboxylic acids is 1. The van der Waals surface area contributed by atoms with Crippen LogP contribution in [0.5, 0.6) is 0 Å². The number of oxazole rings is 1. The molecule has 0 aliphatic heterocycles. The van der Waals surface area contributed by atoms with Gasteiger partial charge in [-0.3, -0.25) is 0 Å². The summed E-state index contributed by atoms with van der Waals surface area (Å²) in [5.74, 6) is -0.538. The van der Waals surface area contributed by atoms with Gasteiger partial charge in [0.2, 0.25) is 11.9 Å². The van der Waals surface area contributed by atoms with Crippen molar-refractivity contribution in [3.05, 3.63) is 47.7 Å². The highest BCUT2D eigenvalue weighted by Gasteiger charge is 2.30. The van der Waals surface area contributed by atoms with E-state index in [1.165, 1.54) is 6.26 Å². The first kappa shape index (κ1) is 14.3. The Kier molecular flexibility index (Phi) is 3.93. The quantitative estimate of drug-likeness (QED) is 0.868. The topological polar surface area (TPSA) is 54.3 Å². The van der Waals surface area contributed by atoms with E-state index >= 15 is 0 Å². The number of hydrogen-bond donors (Lipinski definition) is 1. The summed E-state index contributed by atoms with van der Waals surface area (Å²) in [6.07, 6.45) is 3.07. The highest BCUT2D eigenvalue weighted by atomic mass is 16.4. The third-order valence-electron chi connectivity index (χ3n) is 3.37. The second-order valence-corrected chi connectivity index (χ2v) is 5.48. The molecular formula is C16H20NO3+. The highest BCUT2D eigenvalue weighted by Crippen LogP contribution is 2.28. The number of carboxylic acid groups (broad SMARTS) is 1. The lowest BCUT2D eigenvalue weighted by atomic mass is 9.92. The van der Waals surface area contributed by atoms with Gasteiger partial charge < -0.3 is 9.52 Å². The molecule has 1 aromatic carbocycles. The standard InChI is InChI=1S/C16H19NO3/c1-10(2)12-6-5-7-13(11(3)4)14(12)17-8-9-20-15(17)16(18)19/h5-11H,1-4H3/p+1. The molecular weight excluding hydrogens is 254 g/mol. The lowest BCUT2D eigenvalue weighted by Crippen LogP contribution is -2.37. The summed E-state index contributed by atoms with van der Waals surface area (Å²) in [6.45, 7) is 8.40. The first-order valence-electron chi connectivity index (χ1n) is 6.79. The molecule has 1 N–H and O–H groups in total. The monoisotopic (exact) mass is 274 g/mol. The smallest absolute Gasteiger partial charge is 0.467 e. The fourth-order valence-corrected chi connectivity index (χ4v) is 2.40. The van der Waals surface area contributed by atoms with Crippen molar-refractivity contribution in [1.29, 1.82) is 0 Å². The molecule has 4 nitrogen and oxygen atoms in total. The Morgan fingerprint density at radius 2 is 1.70 bits per heavy atom. The van der Waals surface area contributed by atoms with Crippen molar-refractivity contribution in [2.45, 2.75) is 39.5 Å². The van der Waals surface area contributed by atoms with E-state index < -0.39 is 5.97 Å². The molecule has 0 fully saturated rings. The molecule has 106 valence electrons. The number of aromatic nitrogens is 1. The van der Waals surface area contributed by atoms with Crippen molar-refractivity contribution < 1.29 is 18.9 Å². The molecule has 0 amide bonds. The average molecular weight is 274 g/mol. The minimum absolute atomic E-state index is 0.0694. The van der Waals surface area contributed by atoms with E-state index in [1.54, 1.807) is 10.8 Å². The van der Waals surface area contributed by atoms with E-state index in [-0.39, 0.29) is 5.89 Å². The molecule has 2 aromatic rings. The van der Waals surface area contributed by atoms with Crippen LogP contribution in [-0.2, 0) is 0 Å². The third kappa shape index (κ3) is 2.46. The molecule has 4 heteroatoms. The second kappa shape index (κ2) is 5.49. The van der Waals surface area contributed by atoms with Crippen molar-refractivity contribution in [1.82, 2.24) is 0 Å². The van der Waals surface area contributed by atoms with E-state index in [0.717, 1.165) is 16.8 Å². The maximum Gasteiger partial charge on any atom is 0.467 e. The van der Waals surface area contributed by atoms with E-state index in [9.17, 15) is 9.90 Å². The molecule has 0 aliphatic rings. The minimum Gasteiger partial charge on any atom is -0.471 e. The summed E-state index contributed by atoms with van der Waals surface area (Å²) >= 11 is 0. The highest BCUT2D eigenvalue weighted by molar-refractivity contribution is 5.80. The van der Waals surface area contributed by atoms with Crippen LogP contribution in [0.2, 0.25) is 0 Å². The Hall–Kier alpha value is -2.10. The first-order valence-corrected chi connectivity index (χ1v) is 6.79. The van der Waals surface area contributed by atoms with Gasteiger partial charge in [-0.05, 0) is 11.8 Å². The summed E-state index contributed by atoms with van der Waals surface area (Å²) in [4.78, 5) is 11.3. The van der Waals surface area contributed by atoms with E-state index in [2.05, 4.69) is 27.7 Å². The van der Waals surface area contributed by atoms with E-state index in [1.807, 2.05) is 18.2 Å². The first-order chi connectivity index (χ1) is 9.43. The molecule has 0 bridgehead atoms. The van der Waals surface area contributed by atoms with Crippen LogP contribution in [0.1, 0.15) is 61.3 Å². The summed E-state index contributed by atoms with van der Waals surface area (Å²) < 4.78 is 6.75. The molecule has 0 spiro atoms. The van der Waals surface area contributed by atoms with Crippen LogP contribution in [-0.4, -0.2) is 11.1 Å². The number of carboxylic acids is 1. The molecule has 1 aromatic heterocycles. The lowest BCUT2D eigenvalue weighted by Gasteiger charge is -2.13. The Labute approximate surface area is 118 Å². The van der Waals surface area contributed by atoms with Gasteiger partial charge in [0, 0.05) is 11.1 Å². The van der Waals surface area contributed by atoms with Crippen molar-refractivity contribution in [2.24, 2.45) is 0 Å². The van der Waals surface area contributed by atoms with Gasteiger partial charge in [0.15, 0.2) is 6.26 Å². The van der Waals surface area contributed by atoms with Gasteiger partial charge in [-0.2, -0.15) is 0 Å². The zero-order chi connectivity index (χ0) is 14.9. The number of nitrogens with zero attached hydrogens (tertiary/aromatic N) is 1. The van der Waals surface area contributed by atoms with Gasteiger partial charge in [0.1, 0.15) is 0 Å². The van der Waals surface area contributed by atoms with Crippen LogP contribution in [0, 0.1) is 0 Å². The summed E-state index contributed by atoms with van der Waals surface area (Å²) in [7, 11) is 0. The third-order valence-corrected chi connectivity index (χ3v) is 3.37. The van der Waals surface area contributed by atoms with Crippen LogP contribution in [0.4, 0.5) is 0 Å². The number of hydrogen-bond acceptors (Lipinski definition) is 2. The van der Waals surface area contributed by atoms with E-state index in [4.69, 9.17) is 4.42 Å². The van der Waals surface area contributed by atoms with E-state index in [0.29, 0.717) is 11.8 Å². The number of benzene rings is 1. The van der Waals surface area contributed by atoms with Crippen LogP contribution in [0.15, 0.2) is 35.1 Å². The molecule has 1 heterocycles. The summed E-state index contributed by atoms with van der Waals surface area (Å²) in [5, 5.41) is 9.26. The van der Waals surface area contributed by atoms with Crippen LogP contribution in [0.25, 0.3) is 5.69 Å². The van der Waals surface area contributed by atoms with Gasteiger partial charge in [0.25, 0.3) is 0 Å².